The summed E-state index contributed by atoms with van der Waals surface area (Å²) in [6.07, 6.45) is 8.72. The number of nitrogens with zero attached hydrogens (tertiary/aromatic N) is 3. The standard InChI is InChI=1S/C23H24N4O/c1-14-21-11-17-9-15(12-24)3-5-18(17)23(14,2)7-8-27(21)22(28)16-4-6-19-20(10-16)26-13-25-19/h4-6,9-10,13-15,21H,3,7-8,11H2,1-2H3,(H,25,26)/t14-,15?,21+,23+/m0/s1. The number of hydrogen-bond donors (Lipinski definition) is 1. The first-order valence-electron chi connectivity index (χ1n) is 10.1. The molecule has 4 atom stereocenters. The van der Waals surface area contributed by atoms with Crippen LogP contribution in [0.2, 0.25) is 0 Å². The van der Waals surface area contributed by atoms with E-state index in [2.05, 4.69) is 46.9 Å². The van der Waals surface area contributed by atoms with Gasteiger partial charge in [-0.15, -0.1) is 0 Å². The number of nitrogens with one attached hydrogen (secondary N) is 1. The molecule has 2 heterocycles. The Labute approximate surface area is 164 Å². The number of benzene rings is 1. The van der Waals surface area contributed by atoms with Crippen LogP contribution in [-0.2, 0) is 0 Å². The summed E-state index contributed by atoms with van der Waals surface area (Å²) < 4.78 is 0. The number of H-pyrrole nitrogens is 1. The van der Waals surface area contributed by atoms with Crippen molar-refractivity contribution in [3.63, 3.8) is 0 Å². The molecular weight excluding hydrogens is 348 g/mol. The molecule has 28 heavy (non-hydrogen) atoms. The molecule has 1 saturated carbocycles. The van der Waals surface area contributed by atoms with Gasteiger partial charge in [-0.25, -0.2) is 4.98 Å². The Balaban J connectivity index is 1.50. The van der Waals surface area contributed by atoms with Crippen LogP contribution in [0.4, 0.5) is 0 Å². The minimum Gasteiger partial charge on any atom is -0.345 e. The second-order valence-electron chi connectivity index (χ2n) is 8.64. The van der Waals surface area contributed by atoms with Crippen LogP contribution in [0.1, 0.15) is 43.5 Å². The third-order valence-corrected chi connectivity index (χ3v) is 7.32. The SMILES string of the molecule is C[C@H]1[C@H]2CC3=CC(C#N)CC=C3[C@]1(C)CCN2C(=O)c1ccc2nc[nH]c2c1. The van der Waals surface area contributed by atoms with E-state index in [0.29, 0.717) is 11.5 Å². The maximum absolute atomic E-state index is 13.4. The Morgan fingerprint density at radius 3 is 3.11 bits per heavy atom. The largest absolute Gasteiger partial charge is 0.345 e. The number of carbonyl (C=O) groups is 1. The van der Waals surface area contributed by atoms with E-state index in [-0.39, 0.29) is 23.3 Å². The summed E-state index contributed by atoms with van der Waals surface area (Å²) in [5, 5.41) is 9.36. The molecule has 0 spiro atoms. The molecule has 1 saturated heterocycles. The van der Waals surface area contributed by atoms with Crippen LogP contribution in [0, 0.1) is 28.6 Å². The van der Waals surface area contributed by atoms with Gasteiger partial charge in [-0.1, -0.05) is 26.0 Å². The lowest BCUT2D eigenvalue weighted by atomic mass is 9.56. The molecule has 5 nitrogen and oxygen atoms in total. The highest BCUT2D eigenvalue weighted by Crippen LogP contribution is 2.55. The second kappa shape index (κ2) is 6.07. The molecule has 1 amide bonds. The summed E-state index contributed by atoms with van der Waals surface area (Å²) in [4.78, 5) is 22.8. The van der Waals surface area contributed by atoms with Crippen molar-refractivity contribution in [1.29, 1.82) is 5.26 Å². The minimum atomic E-state index is -0.0385. The van der Waals surface area contributed by atoms with Gasteiger partial charge in [0.1, 0.15) is 0 Å². The zero-order chi connectivity index (χ0) is 19.5. The fraction of sp³-hybridized carbons (Fsp3) is 0.435. The molecule has 1 aliphatic heterocycles. The number of amides is 1. The summed E-state index contributed by atoms with van der Waals surface area (Å²) in [7, 11) is 0. The van der Waals surface area contributed by atoms with Gasteiger partial charge in [0, 0.05) is 18.2 Å². The summed E-state index contributed by atoms with van der Waals surface area (Å²) in [6, 6.07) is 8.25. The number of fused-ring (bicyclic) bond motifs is 5. The van der Waals surface area contributed by atoms with Gasteiger partial charge in [0.15, 0.2) is 0 Å². The van der Waals surface area contributed by atoms with E-state index >= 15 is 0 Å². The molecule has 1 aromatic carbocycles. The quantitative estimate of drug-likeness (QED) is 0.814. The first kappa shape index (κ1) is 17.2. The molecule has 142 valence electrons. The lowest BCUT2D eigenvalue weighted by molar-refractivity contribution is 0.01000. The third kappa shape index (κ3) is 2.37. The number of likely N-dealkylation sites (tertiary alicyclic amines) is 1. The molecule has 2 aromatic rings. The van der Waals surface area contributed by atoms with Crippen LogP contribution in [0.15, 0.2) is 47.8 Å². The fourth-order valence-electron chi connectivity index (χ4n) is 5.46. The van der Waals surface area contributed by atoms with E-state index in [9.17, 15) is 10.1 Å². The summed E-state index contributed by atoms with van der Waals surface area (Å²) >= 11 is 0. The van der Waals surface area contributed by atoms with Crippen LogP contribution in [0.25, 0.3) is 11.0 Å². The number of imidazole rings is 1. The predicted molar refractivity (Wildman–Crippen MR) is 107 cm³/mol. The van der Waals surface area contributed by atoms with Gasteiger partial charge in [-0.3, -0.25) is 4.79 Å². The molecule has 1 N–H and O–H groups in total. The Morgan fingerprint density at radius 1 is 1.43 bits per heavy atom. The lowest BCUT2D eigenvalue weighted by Crippen LogP contribution is -2.58. The average Bonchev–Trinajstić information content (AvgIpc) is 3.17. The third-order valence-electron chi connectivity index (χ3n) is 7.32. The van der Waals surface area contributed by atoms with Crippen molar-refractivity contribution in [3.05, 3.63) is 53.4 Å². The Bertz CT molecular complexity index is 1070. The van der Waals surface area contributed by atoms with Gasteiger partial charge < -0.3 is 9.88 Å². The topological polar surface area (TPSA) is 72.8 Å². The molecule has 5 rings (SSSR count). The van der Waals surface area contributed by atoms with E-state index < -0.39 is 0 Å². The maximum atomic E-state index is 13.4. The van der Waals surface area contributed by atoms with Crippen molar-refractivity contribution >= 4 is 16.9 Å². The van der Waals surface area contributed by atoms with Crippen molar-refractivity contribution in [3.8, 4) is 6.07 Å². The monoisotopic (exact) mass is 372 g/mol. The van der Waals surface area contributed by atoms with E-state index in [1.54, 1.807) is 6.33 Å². The Kier molecular flexibility index (Phi) is 3.74. The number of allylic oxidation sites excluding steroid dienone is 3. The van der Waals surface area contributed by atoms with Crippen LogP contribution in [-0.4, -0.2) is 33.4 Å². The van der Waals surface area contributed by atoms with Crippen molar-refractivity contribution in [2.75, 3.05) is 6.54 Å². The Morgan fingerprint density at radius 2 is 2.29 bits per heavy atom. The number of hydrogen-bond acceptors (Lipinski definition) is 3. The smallest absolute Gasteiger partial charge is 0.254 e. The summed E-state index contributed by atoms with van der Waals surface area (Å²) in [5.41, 5.74) is 5.26. The number of rotatable bonds is 1. The number of carbonyl (C=O) groups excluding carboxylic acids is 1. The highest BCUT2D eigenvalue weighted by atomic mass is 16.2. The first-order chi connectivity index (χ1) is 13.5. The average molecular weight is 372 g/mol. The van der Waals surface area contributed by atoms with Gasteiger partial charge in [0.25, 0.3) is 5.91 Å². The fourth-order valence-corrected chi connectivity index (χ4v) is 5.46. The van der Waals surface area contributed by atoms with Gasteiger partial charge in [-0.2, -0.15) is 5.26 Å². The zero-order valence-electron chi connectivity index (χ0n) is 16.3. The minimum absolute atomic E-state index is 0.0385. The van der Waals surface area contributed by atoms with Crippen LogP contribution in [0.3, 0.4) is 0 Å². The van der Waals surface area contributed by atoms with Crippen molar-refractivity contribution < 1.29 is 4.79 Å². The predicted octanol–water partition coefficient (Wildman–Crippen LogP) is 4.22. The first-order valence-corrected chi connectivity index (χ1v) is 10.1. The zero-order valence-corrected chi connectivity index (χ0v) is 16.3. The molecule has 2 fully saturated rings. The van der Waals surface area contributed by atoms with Gasteiger partial charge >= 0.3 is 0 Å². The van der Waals surface area contributed by atoms with Gasteiger partial charge in [0.2, 0.25) is 0 Å². The van der Waals surface area contributed by atoms with Crippen LogP contribution < -0.4 is 0 Å². The molecule has 0 radical (unpaired) electrons. The number of aromatic nitrogens is 2. The maximum Gasteiger partial charge on any atom is 0.254 e. The normalized spacial score (nSPS) is 31.6. The molecule has 2 bridgehead atoms. The van der Waals surface area contributed by atoms with Crippen molar-refractivity contribution in [2.45, 2.75) is 39.2 Å². The number of aromatic amines is 1. The van der Waals surface area contributed by atoms with Gasteiger partial charge in [-0.05, 0) is 59.9 Å². The summed E-state index contributed by atoms with van der Waals surface area (Å²) in [5.74, 6) is 0.447. The number of piperidine rings is 1. The second-order valence-corrected chi connectivity index (χ2v) is 8.64. The van der Waals surface area contributed by atoms with E-state index in [1.165, 1.54) is 11.1 Å². The van der Waals surface area contributed by atoms with E-state index in [4.69, 9.17) is 0 Å². The summed E-state index contributed by atoms with van der Waals surface area (Å²) in [6.45, 7) is 5.41. The molecule has 1 unspecified atom stereocenters. The van der Waals surface area contributed by atoms with Crippen molar-refractivity contribution in [1.82, 2.24) is 14.9 Å². The van der Waals surface area contributed by atoms with E-state index in [0.717, 1.165) is 36.8 Å². The molecule has 5 heteroatoms. The van der Waals surface area contributed by atoms with Crippen LogP contribution in [0.5, 0.6) is 0 Å². The molecule has 1 aromatic heterocycles. The molecular formula is C23H24N4O. The molecule has 2 aliphatic carbocycles. The highest BCUT2D eigenvalue weighted by molar-refractivity contribution is 5.97. The van der Waals surface area contributed by atoms with Crippen LogP contribution >= 0.6 is 0 Å². The van der Waals surface area contributed by atoms with E-state index in [1.807, 2.05) is 18.2 Å². The highest BCUT2D eigenvalue weighted by Gasteiger charge is 2.51. The Hall–Kier alpha value is -2.87. The lowest BCUT2D eigenvalue weighted by Gasteiger charge is -2.56. The van der Waals surface area contributed by atoms with Gasteiger partial charge in [0.05, 0.1) is 29.3 Å². The number of nitriles is 1. The molecule has 3 aliphatic rings. The van der Waals surface area contributed by atoms with Crippen molar-refractivity contribution in [2.24, 2.45) is 17.3 Å².